The molecule has 0 saturated carbocycles. The van der Waals surface area contributed by atoms with Crippen molar-refractivity contribution in [3.05, 3.63) is 23.8 Å². The van der Waals surface area contributed by atoms with Crippen LogP contribution in [0.4, 0.5) is 5.69 Å². The molecular weight excluding hydrogens is 238 g/mol. The van der Waals surface area contributed by atoms with E-state index in [4.69, 9.17) is 10.5 Å². The maximum atomic E-state index is 11.0. The zero-order valence-electron chi connectivity index (χ0n) is 10.3. The second-order valence-corrected chi connectivity index (χ2v) is 3.79. The molecule has 0 aliphatic rings. The highest BCUT2D eigenvalue weighted by Gasteiger charge is 2.23. The fraction of sp³-hybridized carbons (Fsp3) is 0.417. The van der Waals surface area contributed by atoms with Gasteiger partial charge in [0.05, 0.1) is 26.7 Å². The molecule has 0 heterocycles. The predicted octanol–water partition coefficient (Wildman–Crippen LogP) is 0.235. The average Bonchev–Trinajstić information content (AvgIpc) is 2.38. The van der Waals surface area contributed by atoms with Gasteiger partial charge in [0.25, 0.3) is 0 Å². The Bertz CT molecular complexity index is 421. The van der Waals surface area contributed by atoms with Crippen molar-refractivity contribution >= 4 is 11.7 Å². The summed E-state index contributed by atoms with van der Waals surface area (Å²) in [6, 6.07) is 4.71. The summed E-state index contributed by atoms with van der Waals surface area (Å²) in [5.74, 6) is -0.105. The zero-order valence-corrected chi connectivity index (χ0v) is 10.3. The number of hydrogen-bond donors (Lipinski definition) is 3. The zero-order chi connectivity index (χ0) is 13.7. The highest BCUT2D eigenvalue weighted by Crippen LogP contribution is 2.28. The number of aliphatic hydroxyl groups is 2. The van der Waals surface area contributed by atoms with Gasteiger partial charge in [0.2, 0.25) is 0 Å². The number of ether oxygens (including phenoxy) is 2. The van der Waals surface area contributed by atoms with Crippen molar-refractivity contribution in [2.45, 2.75) is 18.6 Å². The Balaban J connectivity index is 2.88. The normalized spacial score (nSPS) is 13.8. The molecule has 0 radical (unpaired) electrons. The summed E-state index contributed by atoms with van der Waals surface area (Å²) < 4.78 is 9.42. The summed E-state index contributed by atoms with van der Waals surface area (Å²) in [6.07, 6.45) is -2.88. The molecule has 18 heavy (non-hydrogen) atoms. The van der Waals surface area contributed by atoms with Crippen molar-refractivity contribution in [2.75, 3.05) is 20.0 Å². The topological polar surface area (TPSA) is 102 Å². The van der Waals surface area contributed by atoms with Gasteiger partial charge in [0, 0.05) is 11.3 Å². The molecule has 0 saturated heterocycles. The number of methoxy groups -OCH3 is 2. The molecule has 1 aromatic carbocycles. The Labute approximate surface area is 105 Å². The van der Waals surface area contributed by atoms with Gasteiger partial charge in [-0.05, 0) is 18.2 Å². The third-order valence-corrected chi connectivity index (χ3v) is 2.58. The van der Waals surface area contributed by atoms with Crippen molar-refractivity contribution in [2.24, 2.45) is 0 Å². The number of aliphatic hydroxyl groups excluding tert-OH is 2. The van der Waals surface area contributed by atoms with Crippen LogP contribution in [-0.2, 0) is 9.53 Å². The van der Waals surface area contributed by atoms with Crippen LogP contribution in [0.2, 0.25) is 0 Å². The van der Waals surface area contributed by atoms with Gasteiger partial charge in [0.15, 0.2) is 0 Å². The summed E-state index contributed by atoms with van der Waals surface area (Å²) in [4.78, 5) is 11.0. The first-order valence-electron chi connectivity index (χ1n) is 5.36. The monoisotopic (exact) mass is 255 g/mol. The molecule has 4 N–H and O–H groups in total. The molecule has 0 spiro atoms. The number of nitrogen functional groups attached to an aromatic ring is 1. The predicted molar refractivity (Wildman–Crippen MR) is 65.0 cm³/mol. The van der Waals surface area contributed by atoms with E-state index in [2.05, 4.69) is 4.74 Å². The van der Waals surface area contributed by atoms with E-state index in [1.54, 1.807) is 12.1 Å². The molecule has 0 aliphatic heterocycles. The number of nitrogens with two attached hydrogens (primary N) is 1. The number of anilines is 1. The van der Waals surface area contributed by atoms with Crippen molar-refractivity contribution in [3.63, 3.8) is 0 Å². The molecule has 100 valence electrons. The first-order valence-corrected chi connectivity index (χ1v) is 5.36. The molecule has 6 nitrogen and oxygen atoms in total. The van der Waals surface area contributed by atoms with Gasteiger partial charge in [-0.25, -0.2) is 0 Å². The molecule has 2 unspecified atom stereocenters. The summed E-state index contributed by atoms with van der Waals surface area (Å²) in [5.41, 5.74) is 6.33. The van der Waals surface area contributed by atoms with Crippen LogP contribution in [0.1, 0.15) is 18.1 Å². The van der Waals surface area contributed by atoms with E-state index in [1.165, 1.54) is 20.3 Å². The summed E-state index contributed by atoms with van der Waals surface area (Å²) in [6.45, 7) is 0. The van der Waals surface area contributed by atoms with Crippen LogP contribution in [0.15, 0.2) is 18.2 Å². The highest BCUT2D eigenvalue weighted by atomic mass is 16.5. The van der Waals surface area contributed by atoms with Crippen molar-refractivity contribution in [1.82, 2.24) is 0 Å². The first kappa shape index (κ1) is 14.3. The first-order chi connectivity index (χ1) is 8.49. The van der Waals surface area contributed by atoms with Gasteiger partial charge in [0.1, 0.15) is 11.9 Å². The fourth-order valence-corrected chi connectivity index (χ4v) is 1.51. The fourth-order valence-electron chi connectivity index (χ4n) is 1.51. The second kappa shape index (κ2) is 6.23. The van der Waals surface area contributed by atoms with Crippen molar-refractivity contribution in [3.8, 4) is 5.75 Å². The van der Waals surface area contributed by atoms with Gasteiger partial charge in [-0.15, -0.1) is 0 Å². The Hall–Kier alpha value is -1.79. The minimum atomic E-state index is -1.29. The Morgan fingerprint density at radius 2 is 2.06 bits per heavy atom. The lowest BCUT2D eigenvalue weighted by atomic mass is 10.0. The summed E-state index contributed by atoms with van der Waals surface area (Å²) in [5, 5.41) is 19.7. The van der Waals surface area contributed by atoms with Crippen molar-refractivity contribution in [1.29, 1.82) is 0 Å². The number of rotatable bonds is 5. The van der Waals surface area contributed by atoms with Gasteiger partial charge in [-0.2, -0.15) is 0 Å². The number of hydrogen-bond acceptors (Lipinski definition) is 6. The second-order valence-electron chi connectivity index (χ2n) is 3.79. The lowest BCUT2D eigenvalue weighted by Crippen LogP contribution is -2.23. The standard InChI is InChI=1S/C12H17NO5/c1-17-7-3-4-9(13)8(5-7)12(16)10(14)6-11(15)18-2/h3-5,10,12,14,16H,6,13H2,1-2H3. The van der Waals surface area contributed by atoms with Gasteiger partial charge < -0.3 is 25.4 Å². The lowest BCUT2D eigenvalue weighted by molar-refractivity contribution is -0.144. The molecule has 2 atom stereocenters. The van der Waals surface area contributed by atoms with E-state index in [1.807, 2.05) is 0 Å². The SMILES string of the molecule is COC(=O)CC(O)C(O)c1cc(OC)ccc1N. The van der Waals surface area contributed by atoms with Crippen LogP contribution in [0, 0.1) is 0 Å². The Morgan fingerprint density at radius 3 is 2.61 bits per heavy atom. The van der Waals surface area contributed by atoms with E-state index in [9.17, 15) is 15.0 Å². The van der Waals surface area contributed by atoms with Crippen LogP contribution >= 0.6 is 0 Å². The number of carbonyl (C=O) groups is 1. The van der Waals surface area contributed by atoms with E-state index in [0.29, 0.717) is 17.0 Å². The molecule has 1 rings (SSSR count). The Morgan fingerprint density at radius 1 is 1.39 bits per heavy atom. The summed E-state index contributed by atoms with van der Waals surface area (Å²) in [7, 11) is 2.69. The number of esters is 1. The van der Waals surface area contributed by atoms with Gasteiger partial charge >= 0.3 is 5.97 Å². The lowest BCUT2D eigenvalue weighted by Gasteiger charge is -2.19. The van der Waals surface area contributed by atoms with Crippen molar-refractivity contribution < 1.29 is 24.5 Å². The number of benzene rings is 1. The van der Waals surface area contributed by atoms with E-state index >= 15 is 0 Å². The largest absolute Gasteiger partial charge is 0.497 e. The molecule has 1 aromatic rings. The van der Waals surface area contributed by atoms with E-state index in [0.717, 1.165) is 0 Å². The molecule has 0 fully saturated rings. The van der Waals surface area contributed by atoms with Crippen LogP contribution in [0.5, 0.6) is 5.75 Å². The van der Waals surface area contributed by atoms with Crippen LogP contribution in [-0.4, -0.2) is 36.5 Å². The maximum absolute atomic E-state index is 11.0. The third-order valence-electron chi connectivity index (χ3n) is 2.58. The smallest absolute Gasteiger partial charge is 0.308 e. The molecular formula is C12H17NO5. The van der Waals surface area contributed by atoms with Gasteiger partial charge in [-0.3, -0.25) is 4.79 Å². The Kier molecular flexibility index (Phi) is 4.94. The average molecular weight is 255 g/mol. The van der Waals surface area contributed by atoms with Crippen LogP contribution in [0.25, 0.3) is 0 Å². The number of carbonyl (C=O) groups excluding carboxylic acids is 1. The van der Waals surface area contributed by atoms with E-state index < -0.39 is 18.2 Å². The molecule has 6 heteroatoms. The molecule has 0 bridgehead atoms. The van der Waals surface area contributed by atoms with Gasteiger partial charge in [-0.1, -0.05) is 0 Å². The minimum absolute atomic E-state index is 0.311. The van der Waals surface area contributed by atoms with Crippen LogP contribution in [0.3, 0.4) is 0 Å². The highest BCUT2D eigenvalue weighted by molar-refractivity contribution is 5.70. The third kappa shape index (κ3) is 3.35. The molecule has 0 amide bonds. The van der Waals surface area contributed by atoms with Crippen LogP contribution < -0.4 is 10.5 Å². The summed E-state index contributed by atoms with van der Waals surface area (Å²) >= 11 is 0. The molecule has 0 aliphatic carbocycles. The maximum Gasteiger partial charge on any atom is 0.308 e. The van der Waals surface area contributed by atoms with E-state index in [-0.39, 0.29) is 6.42 Å². The quantitative estimate of drug-likeness (QED) is 0.514. The minimum Gasteiger partial charge on any atom is -0.497 e. The molecule has 0 aromatic heterocycles.